The van der Waals surface area contributed by atoms with Gasteiger partial charge in [0.2, 0.25) is 0 Å². The van der Waals surface area contributed by atoms with Crippen LogP contribution in [0, 0.1) is 17.1 Å². The third-order valence-electron chi connectivity index (χ3n) is 4.36. The largest absolute Gasteiger partial charge is 0.493 e. The highest BCUT2D eigenvalue weighted by Crippen LogP contribution is 2.29. The van der Waals surface area contributed by atoms with E-state index in [1.807, 2.05) is 12.1 Å². The van der Waals surface area contributed by atoms with E-state index >= 15 is 0 Å². The van der Waals surface area contributed by atoms with Crippen LogP contribution < -0.4 is 20.1 Å². The molecule has 0 aliphatic carbocycles. The molecule has 0 fully saturated rings. The SMILES string of the molecule is COc1ccc(C(C)NC(=O)/C(C#N)=C\NCCc2ccccc2F)cc1OC. The molecule has 29 heavy (non-hydrogen) atoms. The molecule has 7 heteroatoms. The summed E-state index contributed by atoms with van der Waals surface area (Å²) in [5, 5.41) is 14.9. The molecule has 1 atom stereocenters. The minimum Gasteiger partial charge on any atom is -0.493 e. The fraction of sp³-hybridized carbons (Fsp3) is 0.273. The van der Waals surface area contributed by atoms with Crippen LogP contribution in [-0.2, 0) is 11.2 Å². The van der Waals surface area contributed by atoms with E-state index in [0.29, 0.717) is 30.0 Å². The minimum atomic E-state index is -0.506. The lowest BCUT2D eigenvalue weighted by Crippen LogP contribution is -2.28. The normalized spacial score (nSPS) is 11.9. The molecule has 2 aromatic carbocycles. The van der Waals surface area contributed by atoms with Crippen molar-refractivity contribution in [2.45, 2.75) is 19.4 Å². The van der Waals surface area contributed by atoms with Gasteiger partial charge in [0.25, 0.3) is 5.91 Å². The number of hydrogen-bond acceptors (Lipinski definition) is 5. The molecular formula is C22H24FN3O3. The van der Waals surface area contributed by atoms with E-state index in [1.54, 1.807) is 44.4 Å². The van der Waals surface area contributed by atoms with Crippen LogP contribution in [0.4, 0.5) is 4.39 Å². The first kappa shape index (κ1) is 21.8. The van der Waals surface area contributed by atoms with Gasteiger partial charge in [-0.3, -0.25) is 4.79 Å². The van der Waals surface area contributed by atoms with Crippen LogP contribution in [0.3, 0.4) is 0 Å². The van der Waals surface area contributed by atoms with Crippen LogP contribution in [-0.4, -0.2) is 26.7 Å². The van der Waals surface area contributed by atoms with Crippen molar-refractivity contribution in [3.63, 3.8) is 0 Å². The Balaban J connectivity index is 1.95. The summed E-state index contributed by atoms with van der Waals surface area (Å²) in [6.45, 7) is 2.20. The molecule has 6 nitrogen and oxygen atoms in total. The molecule has 2 rings (SSSR count). The maximum Gasteiger partial charge on any atom is 0.263 e. The van der Waals surface area contributed by atoms with Gasteiger partial charge in [0.15, 0.2) is 11.5 Å². The maximum atomic E-state index is 13.6. The first-order valence-electron chi connectivity index (χ1n) is 9.10. The van der Waals surface area contributed by atoms with Crippen LogP contribution in [0.2, 0.25) is 0 Å². The van der Waals surface area contributed by atoms with E-state index in [2.05, 4.69) is 10.6 Å². The van der Waals surface area contributed by atoms with Gasteiger partial charge in [0, 0.05) is 12.7 Å². The van der Waals surface area contributed by atoms with Crippen LogP contribution >= 0.6 is 0 Å². The second kappa shape index (κ2) is 10.7. The monoisotopic (exact) mass is 397 g/mol. The number of nitriles is 1. The number of nitrogens with zero attached hydrogens (tertiary/aromatic N) is 1. The number of rotatable bonds is 9. The molecule has 152 valence electrons. The zero-order chi connectivity index (χ0) is 21.2. The number of methoxy groups -OCH3 is 2. The number of hydrogen-bond donors (Lipinski definition) is 2. The molecule has 0 aromatic heterocycles. The van der Waals surface area contributed by atoms with Gasteiger partial charge in [-0.1, -0.05) is 24.3 Å². The zero-order valence-corrected chi connectivity index (χ0v) is 16.7. The Morgan fingerprint density at radius 3 is 2.59 bits per heavy atom. The Hall–Kier alpha value is -3.53. The van der Waals surface area contributed by atoms with Gasteiger partial charge >= 0.3 is 0 Å². The van der Waals surface area contributed by atoms with Crippen molar-refractivity contribution in [3.05, 3.63) is 71.2 Å². The number of ether oxygens (including phenoxy) is 2. The average molecular weight is 397 g/mol. The standard InChI is InChI=1S/C22H24FN3O3/c1-15(17-8-9-20(28-2)21(12-17)29-3)26-22(27)18(13-24)14-25-11-10-16-6-4-5-7-19(16)23/h4-9,12,14-15,25H,10-11H2,1-3H3,(H,26,27)/b18-14-. The van der Waals surface area contributed by atoms with Crippen LogP contribution in [0.15, 0.2) is 54.2 Å². The Labute approximate surface area is 169 Å². The molecule has 0 saturated carbocycles. The van der Waals surface area contributed by atoms with E-state index in [9.17, 15) is 14.4 Å². The van der Waals surface area contributed by atoms with Crippen molar-refractivity contribution < 1.29 is 18.7 Å². The Kier molecular flexibility index (Phi) is 8.04. The summed E-state index contributed by atoms with van der Waals surface area (Å²) in [6.07, 6.45) is 1.78. The molecule has 0 aliphatic heterocycles. The Morgan fingerprint density at radius 1 is 1.21 bits per heavy atom. The number of carbonyl (C=O) groups is 1. The van der Waals surface area contributed by atoms with Gasteiger partial charge in [-0.25, -0.2) is 4.39 Å². The van der Waals surface area contributed by atoms with E-state index in [0.717, 1.165) is 5.56 Å². The van der Waals surface area contributed by atoms with Crippen LogP contribution in [0.5, 0.6) is 11.5 Å². The van der Waals surface area contributed by atoms with E-state index in [4.69, 9.17) is 9.47 Å². The molecule has 2 aromatic rings. The van der Waals surface area contributed by atoms with Gasteiger partial charge in [-0.05, 0) is 42.7 Å². The summed E-state index contributed by atoms with van der Waals surface area (Å²) in [6, 6.07) is 13.4. The summed E-state index contributed by atoms with van der Waals surface area (Å²) < 4.78 is 24.1. The van der Waals surface area contributed by atoms with Gasteiger partial charge in [-0.2, -0.15) is 5.26 Å². The molecular weight excluding hydrogens is 373 g/mol. The topological polar surface area (TPSA) is 83.4 Å². The van der Waals surface area contributed by atoms with Gasteiger partial charge < -0.3 is 20.1 Å². The number of carbonyl (C=O) groups excluding carboxylic acids is 1. The number of halogens is 1. The van der Waals surface area contributed by atoms with Crippen molar-refractivity contribution in [2.24, 2.45) is 0 Å². The predicted molar refractivity (Wildman–Crippen MR) is 108 cm³/mol. The zero-order valence-electron chi connectivity index (χ0n) is 16.7. The highest BCUT2D eigenvalue weighted by Gasteiger charge is 2.15. The highest BCUT2D eigenvalue weighted by atomic mass is 19.1. The molecule has 0 aliphatic rings. The first-order valence-corrected chi connectivity index (χ1v) is 9.10. The molecule has 1 unspecified atom stereocenters. The van der Waals surface area contributed by atoms with Crippen molar-refractivity contribution in [1.29, 1.82) is 5.26 Å². The summed E-state index contributed by atoms with van der Waals surface area (Å²) in [5.41, 5.74) is 1.31. The van der Waals surface area contributed by atoms with Gasteiger partial charge in [0.05, 0.1) is 20.3 Å². The van der Waals surface area contributed by atoms with Gasteiger partial charge in [-0.15, -0.1) is 0 Å². The maximum absolute atomic E-state index is 13.6. The third-order valence-corrected chi connectivity index (χ3v) is 4.36. The Bertz CT molecular complexity index is 922. The van der Waals surface area contributed by atoms with Crippen molar-refractivity contribution in [1.82, 2.24) is 10.6 Å². The smallest absolute Gasteiger partial charge is 0.263 e. The van der Waals surface area contributed by atoms with Gasteiger partial charge in [0.1, 0.15) is 17.5 Å². The third kappa shape index (κ3) is 5.98. The number of amides is 1. The van der Waals surface area contributed by atoms with Crippen LogP contribution in [0.25, 0.3) is 0 Å². The number of nitrogens with one attached hydrogen (secondary N) is 2. The van der Waals surface area contributed by atoms with Crippen LogP contribution in [0.1, 0.15) is 24.1 Å². The lowest BCUT2D eigenvalue weighted by Gasteiger charge is -2.16. The molecule has 0 heterocycles. The lowest BCUT2D eigenvalue weighted by molar-refractivity contribution is -0.117. The van der Waals surface area contributed by atoms with Crippen molar-refractivity contribution in [2.75, 3.05) is 20.8 Å². The average Bonchev–Trinajstić information content (AvgIpc) is 2.74. The molecule has 0 radical (unpaired) electrons. The molecule has 0 spiro atoms. The van der Waals surface area contributed by atoms with E-state index < -0.39 is 5.91 Å². The second-order valence-electron chi connectivity index (χ2n) is 6.27. The molecule has 0 bridgehead atoms. The summed E-state index contributed by atoms with van der Waals surface area (Å²) in [5.74, 6) is 0.358. The fourth-order valence-electron chi connectivity index (χ4n) is 2.71. The quantitative estimate of drug-likeness (QED) is 0.386. The number of benzene rings is 2. The molecule has 1 amide bonds. The van der Waals surface area contributed by atoms with E-state index in [1.165, 1.54) is 19.4 Å². The second-order valence-corrected chi connectivity index (χ2v) is 6.27. The summed E-state index contributed by atoms with van der Waals surface area (Å²) in [7, 11) is 3.08. The van der Waals surface area contributed by atoms with E-state index in [-0.39, 0.29) is 17.4 Å². The lowest BCUT2D eigenvalue weighted by atomic mass is 10.1. The Morgan fingerprint density at radius 2 is 1.93 bits per heavy atom. The summed E-state index contributed by atoms with van der Waals surface area (Å²) >= 11 is 0. The predicted octanol–water partition coefficient (Wildman–Crippen LogP) is 3.26. The minimum absolute atomic E-state index is 0.0640. The van der Waals surface area contributed by atoms with Crippen molar-refractivity contribution >= 4 is 5.91 Å². The molecule has 0 saturated heterocycles. The first-order chi connectivity index (χ1) is 14.0. The highest BCUT2D eigenvalue weighted by molar-refractivity contribution is 5.97. The molecule has 2 N–H and O–H groups in total. The summed E-state index contributed by atoms with van der Waals surface area (Å²) in [4.78, 5) is 12.4. The fourth-order valence-corrected chi connectivity index (χ4v) is 2.71. The van der Waals surface area contributed by atoms with Crippen molar-refractivity contribution in [3.8, 4) is 17.6 Å².